The average molecular weight is 234 g/mol. The van der Waals surface area contributed by atoms with E-state index in [-0.39, 0.29) is 5.41 Å². The molecule has 0 aliphatic heterocycles. The second-order valence-corrected chi connectivity index (χ2v) is 6.09. The minimum absolute atomic E-state index is 0.140. The number of primary amides is 1. The van der Waals surface area contributed by atoms with Crippen LogP contribution in [0.4, 0.5) is 0 Å². The largest absolute Gasteiger partial charge is 0.364 e. The summed E-state index contributed by atoms with van der Waals surface area (Å²) < 4.78 is 0. The van der Waals surface area contributed by atoms with Crippen molar-refractivity contribution in [1.29, 1.82) is 0 Å². The summed E-state index contributed by atoms with van der Waals surface area (Å²) in [7, 11) is 0. The van der Waals surface area contributed by atoms with Gasteiger partial charge in [-0.1, -0.05) is 26.8 Å². The lowest BCUT2D eigenvalue weighted by Crippen LogP contribution is -2.33. The topological polar surface area (TPSA) is 55.4 Å². The van der Waals surface area contributed by atoms with Crippen LogP contribution < -0.4 is 5.73 Å². The Labute approximate surface area is 103 Å². The quantitative estimate of drug-likeness (QED) is 0.734. The van der Waals surface area contributed by atoms with Crippen LogP contribution in [0.15, 0.2) is 16.8 Å². The summed E-state index contributed by atoms with van der Waals surface area (Å²) in [6.45, 7) is 8.75. The SMILES string of the molecule is C/C=C(\N=C1C[C@H]2CC[C@]1(C)C2(C)C)C(N)=O. The van der Waals surface area contributed by atoms with Crippen LogP contribution in [-0.4, -0.2) is 11.6 Å². The molecule has 2 fully saturated rings. The number of nitrogens with zero attached hydrogens (tertiary/aromatic N) is 1. The molecule has 0 unspecified atom stereocenters. The van der Waals surface area contributed by atoms with Crippen LogP contribution in [0.5, 0.6) is 0 Å². The van der Waals surface area contributed by atoms with Crippen molar-refractivity contribution in [2.45, 2.75) is 47.0 Å². The van der Waals surface area contributed by atoms with E-state index >= 15 is 0 Å². The van der Waals surface area contributed by atoms with Gasteiger partial charge in [0.15, 0.2) is 0 Å². The van der Waals surface area contributed by atoms with Crippen LogP contribution in [0.25, 0.3) is 0 Å². The number of hydrogen-bond acceptors (Lipinski definition) is 2. The Bertz CT molecular complexity index is 420. The van der Waals surface area contributed by atoms with Crippen molar-refractivity contribution in [3.8, 4) is 0 Å². The fourth-order valence-electron chi connectivity index (χ4n) is 3.50. The molecule has 0 aromatic heterocycles. The maximum absolute atomic E-state index is 11.2. The molecule has 2 aliphatic rings. The van der Waals surface area contributed by atoms with Crippen LogP contribution in [0.2, 0.25) is 0 Å². The molecule has 0 aromatic carbocycles. The minimum Gasteiger partial charge on any atom is -0.364 e. The molecule has 0 spiro atoms. The summed E-state index contributed by atoms with van der Waals surface area (Å²) in [4.78, 5) is 15.8. The number of nitrogens with two attached hydrogens (primary N) is 1. The number of allylic oxidation sites excluding steroid dienone is 1. The molecule has 0 aromatic rings. The molecule has 1 amide bonds. The molecule has 0 heterocycles. The molecular weight excluding hydrogens is 212 g/mol. The van der Waals surface area contributed by atoms with E-state index in [0.717, 1.165) is 6.42 Å². The molecule has 17 heavy (non-hydrogen) atoms. The lowest BCUT2D eigenvalue weighted by molar-refractivity contribution is -0.114. The number of fused-ring (bicyclic) bond motifs is 2. The van der Waals surface area contributed by atoms with Crippen LogP contribution in [0.1, 0.15) is 47.0 Å². The van der Waals surface area contributed by atoms with Crippen molar-refractivity contribution >= 4 is 11.6 Å². The van der Waals surface area contributed by atoms with Crippen LogP contribution in [0.3, 0.4) is 0 Å². The Hall–Kier alpha value is -1.12. The predicted molar refractivity (Wildman–Crippen MR) is 69.6 cm³/mol. The lowest BCUT2D eigenvalue weighted by Gasteiger charge is -2.34. The van der Waals surface area contributed by atoms with Gasteiger partial charge < -0.3 is 5.73 Å². The highest BCUT2D eigenvalue weighted by atomic mass is 16.1. The monoisotopic (exact) mass is 234 g/mol. The summed E-state index contributed by atoms with van der Waals surface area (Å²) in [5.74, 6) is 0.279. The third-order valence-electron chi connectivity index (χ3n) is 5.29. The highest BCUT2D eigenvalue weighted by Crippen LogP contribution is 2.64. The van der Waals surface area contributed by atoms with Crippen molar-refractivity contribution in [2.24, 2.45) is 27.5 Å². The summed E-state index contributed by atoms with van der Waals surface area (Å²) in [6, 6.07) is 0. The first-order valence-electron chi connectivity index (χ1n) is 6.37. The zero-order valence-electron chi connectivity index (χ0n) is 11.2. The highest BCUT2D eigenvalue weighted by molar-refractivity contribution is 6.00. The van der Waals surface area contributed by atoms with Crippen molar-refractivity contribution < 1.29 is 4.79 Å². The molecule has 94 valence electrons. The van der Waals surface area contributed by atoms with E-state index in [1.807, 2.05) is 6.92 Å². The zero-order valence-corrected chi connectivity index (χ0v) is 11.2. The van der Waals surface area contributed by atoms with Gasteiger partial charge in [-0.2, -0.15) is 0 Å². The molecule has 2 aliphatic carbocycles. The number of aliphatic imine (C=N–C) groups is 1. The zero-order chi connectivity index (χ0) is 12.8. The Morgan fingerprint density at radius 2 is 2.12 bits per heavy atom. The Kier molecular flexibility index (Phi) is 2.68. The second-order valence-electron chi connectivity index (χ2n) is 6.09. The summed E-state index contributed by atoms with van der Waals surface area (Å²) in [5.41, 5.74) is 7.33. The van der Waals surface area contributed by atoms with E-state index in [0.29, 0.717) is 17.0 Å². The molecule has 2 N–H and O–H groups in total. The van der Waals surface area contributed by atoms with Crippen molar-refractivity contribution in [3.05, 3.63) is 11.8 Å². The first-order valence-corrected chi connectivity index (χ1v) is 6.37. The van der Waals surface area contributed by atoms with Crippen LogP contribution >= 0.6 is 0 Å². The molecule has 2 saturated carbocycles. The molecule has 2 atom stereocenters. The van der Waals surface area contributed by atoms with Gasteiger partial charge in [0, 0.05) is 11.1 Å². The number of rotatable bonds is 2. The Morgan fingerprint density at radius 1 is 1.47 bits per heavy atom. The van der Waals surface area contributed by atoms with Gasteiger partial charge in [0.05, 0.1) is 0 Å². The second kappa shape index (κ2) is 3.69. The van der Waals surface area contributed by atoms with Gasteiger partial charge in [-0.15, -0.1) is 0 Å². The average Bonchev–Trinajstić information content (AvgIpc) is 2.57. The van der Waals surface area contributed by atoms with Gasteiger partial charge in [0.1, 0.15) is 5.70 Å². The number of amides is 1. The minimum atomic E-state index is -0.427. The fourth-order valence-corrected chi connectivity index (χ4v) is 3.50. The molecule has 2 bridgehead atoms. The van der Waals surface area contributed by atoms with Crippen molar-refractivity contribution in [2.75, 3.05) is 0 Å². The molecule has 0 radical (unpaired) electrons. The fraction of sp³-hybridized carbons (Fsp3) is 0.714. The van der Waals surface area contributed by atoms with E-state index in [1.165, 1.54) is 18.6 Å². The van der Waals surface area contributed by atoms with E-state index in [4.69, 9.17) is 5.73 Å². The van der Waals surface area contributed by atoms with E-state index < -0.39 is 5.91 Å². The van der Waals surface area contributed by atoms with Gasteiger partial charge in [-0.25, -0.2) is 0 Å². The number of carbonyl (C=O) groups is 1. The summed E-state index contributed by atoms with van der Waals surface area (Å²) >= 11 is 0. The summed E-state index contributed by atoms with van der Waals surface area (Å²) in [5, 5.41) is 0. The van der Waals surface area contributed by atoms with Gasteiger partial charge in [0.2, 0.25) is 0 Å². The van der Waals surface area contributed by atoms with E-state index in [9.17, 15) is 4.79 Å². The van der Waals surface area contributed by atoms with Crippen molar-refractivity contribution in [3.63, 3.8) is 0 Å². The molecule has 2 rings (SSSR count). The molecule has 0 saturated heterocycles. The third kappa shape index (κ3) is 1.55. The standard InChI is InChI=1S/C14H22N2O/c1-5-10(12(15)17)16-11-8-9-6-7-14(11,4)13(9,2)3/h5,9H,6-8H2,1-4H3,(H2,15,17)/b10-5-,16-11?/t9-,14+/m1/s1. The van der Waals surface area contributed by atoms with Gasteiger partial charge >= 0.3 is 0 Å². The van der Waals surface area contributed by atoms with Gasteiger partial charge in [-0.05, 0) is 37.5 Å². The number of carbonyl (C=O) groups excluding carboxylic acids is 1. The normalized spacial score (nSPS) is 37.8. The van der Waals surface area contributed by atoms with E-state index in [1.54, 1.807) is 6.08 Å². The van der Waals surface area contributed by atoms with E-state index in [2.05, 4.69) is 25.8 Å². The molecule has 3 nitrogen and oxygen atoms in total. The third-order valence-corrected chi connectivity index (χ3v) is 5.29. The van der Waals surface area contributed by atoms with Crippen LogP contribution in [-0.2, 0) is 4.79 Å². The molecular formula is C14H22N2O. The van der Waals surface area contributed by atoms with Gasteiger partial charge in [0.25, 0.3) is 5.91 Å². The Morgan fingerprint density at radius 3 is 2.47 bits per heavy atom. The maximum atomic E-state index is 11.2. The maximum Gasteiger partial charge on any atom is 0.266 e. The lowest BCUT2D eigenvalue weighted by atomic mass is 9.70. The highest BCUT2D eigenvalue weighted by Gasteiger charge is 2.59. The first kappa shape index (κ1) is 12.3. The summed E-state index contributed by atoms with van der Waals surface area (Å²) in [6.07, 6.45) is 5.19. The van der Waals surface area contributed by atoms with Gasteiger partial charge in [-0.3, -0.25) is 9.79 Å². The number of hydrogen-bond donors (Lipinski definition) is 1. The first-order chi connectivity index (χ1) is 7.83. The van der Waals surface area contributed by atoms with Crippen molar-refractivity contribution in [1.82, 2.24) is 0 Å². The van der Waals surface area contributed by atoms with Crippen LogP contribution in [0, 0.1) is 16.7 Å². The smallest absolute Gasteiger partial charge is 0.266 e. The predicted octanol–water partition coefficient (Wildman–Crippen LogP) is 2.66. The Balaban J connectivity index is 2.38. The molecule has 3 heteroatoms.